The number of nitrogens with zero attached hydrogens (tertiary/aromatic N) is 2. The fourth-order valence-electron chi connectivity index (χ4n) is 1.69. The second-order valence-corrected chi connectivity index (χ2v) is 5.93. The van der Waals surface area contributed by atoms with Gasteiger partial charge in [-0.15, -0.1) is 0 Å². The molecule has 2 rings (SSSR count). The predicted molar refractivity (Wildman–Crippen MR) is 60.0 cm³/mol. The second kappa shape index (κ2) is 4.42. The molecule has 1 aliphatic rings. The van der Waals surface area contributed by atoms with Gasteiger partial charge in [-0.2, -0.15) is 4.31 Å². The van der Waals surface area contributed by atoms with E-state index in [1.54, 1.807) is 0 Å². The van der Waals surface area contributed by atoms with Crippen LogP contribution in [0.4, 0.5) is 0 Å². The summed E-state index contributed by atoms with van der Waals surface area (Å²) in [6.45, 7) is 0.715. The van der Waals surface area contributed by atoms with Gasteiger partial charge in [0.1, 0.15) is 0 Å². The van der Waals surface area contributed by atoms with Crippen molar-refractivity contribution in [1.82, 2.24) is 9.29 Å². The summed E-state index contributed by atoms with van der Waals surface area (Å²) in [4.78, 5) is 14.6. The first-order valence-corrected chi connectivity index (χ1v) is 6.76. The van der Waals surface area contributed by atoms with E-state index < -0.39 is 16.0 Å². The van der Waals surface area contributed by atoms with E-state index in [-0.39, 0.29) is 17.9 Å². The topological polar surface area (TPSA) is 87.6 Å². The Balaban J connectivity index is 2.12. The average Bonchev–Trinajstić information content (AvgIpc) is 2.59. The lowest BCUT2D eigenvalue weighted by molar-refractivity contribution is 0.0696. The first-order valence-electron chi connectivity index (χ1n) is 5.15. The molecule has 0 radical (unpaired) electrons. The van der Waals surface area contributed by atoms with Crippen molar-refractivity contribution in [2.45, 2.75) is 13.0 Å². The highest BCUT2D eigenvalue weighted by Crippen LogP contribution is 2.16. The van der Waals surface area contributed by atoms with Gasteiger partial charge in [-0.05, 0) is 18.6 Å². The molecule has 0 aromatic carbocycles. The zero-order valence-electron chi connectivity index (χ0n) is 9.04. The molecule has 7 heteroatoms. The zero-order chi connectivity index (χ0) is 12.5. The molecule has 0 amide bonds. The molecular formula is C10H12N2O4S. The smallest absolute Gasteiger partial charge is 0.337 e. The quantitative estimate of drug-likeness (QED) is 0.841. The number of rotatable bonds is 3. The zero-order valence-corrected chi connectivity index (χ0v) is 9.85. The Morgan fingerprint density at radius 3 is 2.71 bits per heavy atom. The highest BCUT2D eigenvalue weighted by atomic mass is 32.2. The Hall–Kier alpha value is -1.47. The van der Waals surface area contributed by atoms with Crippen molar-refractivity contribution in [3.05, 3.63) is 29.6 Å². The molecule has 1 aromatic rings. The van der Waals surface area contributed by atoms with Gasteiger partial charge in [0.15, 0.2) is 0 Å². The van der Waals surface area contributed by atoms with Crippen LogP contribution >= 0.6 is 0 Å². The van der Waals surface area contributed by atoms with E-state index in [1.165, 1.54) is 22.6 Å². The standard InChI is InChI=1S/C10H12N2O4S/c13-10(14)8-2-3-9(11-6-8)7-12-4-1-5-17(12,15)16/h2-3,6H,1,4-5,7H2,(H,13,14). The van der Waals surface area contributed by atoms with E-state index in [0.717, 1.165) is 0 Å². The average molecular weight is 256 g/mol. The Kier molecular flexibility index (Phi) is 3.12. The number of carboxylic acids is 1. The summed E-state index contributed by atoms with van der Waals surface area (Å²) >= 11 is 0. The van der Waals surface area contributed by atoms with Crippen molar-refractivity contribution in [2.24, 2.45) is 0 Å². The summed E-state index contributed by atoms with van der Waals surface area (Å²) in [5.74, 6) is -0.863. The lowest BCUT2D eigenvalue weighted by Crippen LogP contribution is -2.25. The fraction of sp³-hybridized carbons (Fsp3) is 0.400. The Labute approximate surface area is 98.9 Å². The van der Waals surface area contributed by atoms with Crippen molar-refractivity contribution in [3.8, 4) is 0 Å². The molecule has 0 atom stereocenters. The molecule has 0 bridgehead atoms. The molecular weight excluding hydrogens is 244 g/mol. The van der Waals surface area contributed by atoms with Crippen LogP contribution < -0.4 is 0 Å². The highest BCUT2D eigenvalue weighted by molar-refractivity contribution is 7.89. The summed E-state index contributed by atoms with van der Waals surface area (Å²) in [6, 6.07) is 2.96. The number of hydrogen-bond donors (Lipinski definition) is 1. The number of sulfonamides is 1. The lowest BCUT2D eigenvalue weighted by Gasteiger charge is -2.13. The third kappa shape index (κ3) is 2.62. The third-order valence-corrected chi connectivity index (χ3v) is 4.52. The maximum atomic E-state index is 11.5. The molecule has 1 N–H and O–H groups in total. The highest BCUT2D eigenvalue weighted by Gasteiger charge is 2.28. The number of carbonyl (C=O) groups is 1. The van der Waals surface area contributed by atoms with E-state index in [9.17, 15) is 13.2 Å². The molecule has 17 heavy (non-hydrogen) atoms. The largest absolute Gasteiger partial charge is 0.478 e. The third-order valence-electron chi connectivity index (χ3n) is 2.61. The minimum atomic E-state index is -3.13. The molecule has 6 nitrogen and oxygen atoms in total. The van der Waals surface area contributed by atoms with Crippen LogP contribution in [0.3, 0.4) is 0 Å². The number of aromatic carboxylic acids is 1. The fourth-order valence-corrected chi connectivity index (χ4v) is 3.18. The molecule has 1 aliphatic heterocycles. The maximum absolute atomic E-state index is 11.5. The van der Waals surface area contributed by atoms with Crippen molar-refractivity contribution in [2.75, 3.05) is 12.3 Å². The first-order chi connectivity index (χ1) is 7.99. The van der Waals surface area contributed by atoms with Crippen LogP contribution in [-0.4, -0.2) is 41.1 Å². The van der Waals surface area contributed by atoms with Crippen LogP contribution in [-0.2, 0) is 16.6 Å². The number of aromatic nitrogens is 1. The number of pyridine rings is 1. The summed E-state index contributed by atoms with van der Waals surface area (Å²) in [7, 11) is -3.13. The predicted octanol–water partition coefficient (Wildman–Crippen LogP) is 0.315. The van der Waals surface area contributed by atoms with E-state index in [4.69, 9.17) is 5.11 Å². The van der Waals surface area contributed by atoms with Gasteiger partial charge in [0.2, 0.25) is 10.0 Å². The van der Waals surface area contributed by atoms with E-state index in [0.29, 0.717) is 18.7 Å². The van der Waals surface area contributed by atoms with Gasteiger partial charge in [-0.25, -0.2) is 13.2 Å². The van der Waals surface area contributed by atoms with Gasteiger partial charge in [0, 0.05) is 12.7 Å². The Morgan fingerprint density at radius 1 is 1.47 bits per heavy atom. The van der Waals surface area contributed by atoms with Crippen molar-refractivity contribution >= 4 is 16.0 Å². The summed E-state index contributed by atoms with van der Waals surface area (Å²) in [6.07, 6.45) is 1.87. The molecule has 2 heterocycles. The summed E-state index contributed by atoms with van der Waals surface area (Å²) in [5.41, 5.74) is 0.651. The van der Waals surface area contributed by atoms with Crippen molar-refractivity contribution < 1.29 is 18.3 Å². The molecule has 1 aromatic heterocycles. The lowest BCUT2D eigenvalue weighted by atomic mass is 10.2. The van der Waals surface area contributed by atoms with Gasteiger partial charge < -0.3 is 5.11 Å². The van der Waals surface area contributed by atoms with Crippen LogP contribution in [0.5, 0.6) is 0 Å². The molecule has 0 spiro atoms. The molecule has 0 saturated carbocycles. The maximum Gasteiger partial charge on any atom is 0.337 e. The SMILES string of the molecule is O=C(O)c1ccc(CN2CCCS2(=O)=O)nc1. The van der Waals surface area contributed by atoms with Gasteiger partial charge >= 0.3 is 5.97 Å². The molecule has 1 fully saturated rings. The van der Waals surface area contributed by atoms with Gasteiger partial charge in [-0.1, -0.05) is 0 Å². The second-order valence-electron chi connectivity index (χ2n) is 3.85. The molecule has 0 unspecified atom stereocenters. The summed E-state index contributed by atoms with van der Waals surface area (Å²) < 4.78 is 24.5. The first kappa shape index (κ1) is 12.0. The van der Waals surface area contributed by atoms with Crippen LogP contribution in [0.15, 0.2) is 18.3 Å². The monoisotopic (exact) mass is 256 g/mol. The Bertz CT molecular complexity index is 524. The molecule has 0 aliphatic carbocycles. The molecule has 1 saturated heterocycles. The number of hydrogen-bond acceptors (Lipinski definition) is 4. The Morgan fingerprint density at radius 2 is 2.24 bits per heavy atom. The van der Waals surface area contributed by atoms with Gasteiger partial charge in [0.05, 0.1) is 23.6 Å². The normalized spacial score (nSPS) is 19.3. The van der Waals surface area contributed by atoms with E-state index in [1.807, 2.05) is 0 Å². The molecule has 92 valence electrons. The van der Waals surface area contributed by atoms with Crippen LogP contribution in [0.1, 0.15) is 22.5 Å². The van der Waals surface area contributed by atoms with E-state index >= 15 is 0 Å². The van der Waals surface area contributed by atoms with Crippen LogP contribution in [0, 0.1) is 0 Å². The minimum Gasteiger partial charge on any atom is -0.478 e. The summed E-state index contributed by atoms with van der Waals surface area (Å²) in [5, 5.41) is 8.70. The van der Waals surface area contributed by atoms with Crippen molar-refractivity contribution in [1.29, 1.82) is 0 Å². The number of carboxylic acid groups (broad SMARTS) is 1. The van der Waals surface area contributed by atoms with E-state index in [2.05, 4.69) is 4.98 Å². The minimum absolute atomic E-state index is 0.0954. The van der Waals surface area contributed by atoms with Crippen molar-refractivity contribution in [3.63, 3.8) is 0 Å². The van der Waals surface area contributed by atoms with Crippen LogP contribution in [0.25, 0.3) is 0 Å². The van der Waals surface area contributed by atoms with Crippen LogP contribution in [0.2, 0.25) is 0 Å². The van der Waals surface area contributed by atoms with Gasteiger partial charge in [0.25, 0.3) is 0 Å². The van der Waals surface area contributed by atoms with Gasteiger partial charge in [-0.3, -0.25) is 4.98 Å².